The zero-order chi connectivity index (χ0) is 18.1. The van der Waals surface area contributed by atoms with E-state index >= 15 is 0 Å². The molecule has 0 aromatic heterocycles. The first-order chi connectivity index (χ1) is 11.3. The summed E-state index contributed by atoms with van der Waals surface area (Å²) in [6, 6.07) is 5.84. The lowest BCUT2D eigenvalue weighted by Gasteiger charge is -2.13. The Morgan fingerprint density at radius 2 is 1.33 bits per heavy atom. The lowest BCUT2D eigenvalue weighted by atomic mass is 10.1. The molecular weight excluding hydrogens is 312 g/mol. The van der Waals surface area contributed by atoms with Gasteiger partial charge in [0.2, 0.25) is 0 Å². The second kappa shape index (κ2) is 10.1. The van der Waals surface area contributed by atoms with Crippen LogP contribution in [0.3, 0.4) is 0 Å². The molecule has 2 unspecified atom stereocenters. The van der Waals surface area contributed by atoms with E-state index in [0.717, 1.165) is 0 Å². The van der Waals surface area contributed by atoms with Crippen LogP contribution in [0.4, 0.5) is 0 Å². The lowest BCUT2D eigenvalue weighted by molar-refractivity contribution is 0.0207. The highest BCUT2D eigenvalue weighted by Crippen LogP contribution is 2.10. The van der Waals surface area contributed by atoms with Crippen LogP contribution in [0.15, 0.2) is 24.3 Å². The predicted molar refractivity (Wildman–Crippen MR) is 88.8 cm³/mol. The Hall–Kier alpha value is -1.92. The summed E-state index contributed by atoms with van der Waals surface area (Å²) >= 11 is 0. The van der Waals surface area contributed by atoms with E-state index in [2.05, 4.69) is 0 Å². The van der Waals surface area contributed by atoms with Crippen molar-refractivity contribution in [1.29, 1.82) is 0 Å². The molecule has 6 heteroatoms. The summed E-state index contributed by atoms with van der Waals surface area (Å²) < 4.78 is 10.0. The van der Waals surface area contributed by atoms with Gasteiger partial charge in [-0.3, -0.25) is 0 Å². The molecule has 0 bridgehead atoms. The molecular formula is C18H26O6. The number of rotatable bonds is 9. The summed E-state index contributed by atoms with van der Waals surface area (Å²) in [6.07, 6.45) is -0.309. The van der Waals surface area contributed by atoms with Gasteiger partial charge in [0, 0.05) is 0 Å². The first kappa shape index (κ1) is 20.1. The quantitative estimate of drug-likeness (QED) is 0.670. The molecule has 0 fully saturated rings. The molecule has 0 amide bonds. The number of hydrogen-bond acceptors (Lipinski definition) is 6. The van der Waals surface area contributed by atoms with E-state index in [-0.39, 0.29) is 24.3 Å². The standard InChI is InChI=1S/C18H26O6/c1-4-15(19)10-23-17(21)13-5-7-14(8-6-13)18(22)24-11-16(20)9-12(2)3/h5-8,12,15-16,19-20H,4,9-11H2,1-3H3. The monoisotopic (exact) mass is 338 g/mol. The molecule has 0 heterocycles. The molecule has 0 spiro atoms. The second-order valence-corrected chi connectivity index (χ2v) is 6.12. The fourth-order valence-corrected chi connectivity index (χ4v) is 1.98. The van der Waals surface area contributed by atoms with Gasteiger partial charge in [-0.25, -0.2) is 9.59 Å². The van der Waals surface area contributed by atoms with Crippen LogP contribution in [0, 0.1) is 5.92 Å². The SMILES string of the molecule is CCC(O)COC(=O)c1ccc(C(=O)OCC(O)CC(C)C)cc1. The third-order valence-electron chi connectivity index (χ3n) is 3.38. The Labute approximate surface area is 142 Å². The first-order valence-corrected chi connectivity index (χ1v) is 8.13. The number of aliphatic hydroxyl groups is 2. The summed E-state index contributed by atoms with van der Waals surface area (Å²) in [4.78, 5) is 23.7. The number of esters is 2. The maximum Gasteiger partial charge on any atom is 0.338 e. The maximum absolute atomic E-state index is 11.9. The van der Waals surface area contributed by atoms with Gasteiger partial charge >= 0.3 is 11.9 Å². The Kier molecular flexibility index (Phi) is 8.43. The third-order valence-corrected chi connectivity index (χ3v) is 3.38. The Morgan fingerprint density at radius 1 is 0.917 bits per heavy atom. The molecule has 24 heavy (non-hydrogen) atoms. The van der Waals surface area contributed by atoms with Crippen molar-refractivity contribution in [2.24, 2.45) is 5.92 Å². The van der Waals surface area contributed by atoms with Crippen LogP contribution in [0.1, 0.15) is 54.3 Å². The first-order valence-electron chi connectivity index (χ1n) is 8.13. The largest absolute Gasteiger partial charge is 0.459 e. The van der Waals surface area contributed by atoms with Gasteiger partial charge in [-0.15, -0.1) is 0 Å². The van der Waals surface area contributed by atoms with Crippen molar-refractivity contribution >= 4 is 11.9 Å². The fraction of sp³-hybridized carbons (Fsp3) is 0.556. The molecule has 134 valence electrons. The van der Waals surface area contributed by atoms with E-state index in [4.69, 9.17) is 9.47 Å². The van der Waals surface area contributed by atoms with E-state index in [9.17, 15) is 19.8 Å². The molecule has 2 atom stereocenters. The average Bonchev–Trinajstić information content (AvgIpc) is 2.56. The van der Waals surface area contributed by atoms with Gasteiger partial charge < -0.3 is 19.7 Å². The molecule has 0 saturated heterocycles. The van der Waals surface area contributed by atoms with Crippen LogP contribution < -0.4 is 0 Å². The van der Waals surface area contributed by atoms with E-state index in [1.807, 2.05) is 13.8 Å². The highest BCUT2D eigenvalue weighted by Gasteiger charge is 2.14. The van der Waals surface area contributed by atoms with Crippen molar-refractivity contribution in [3.8, 4) is 0 Å². The summed E-state index contributed by atoms with van der Waals surface area (Å²) in [5.41, 5.74) is 0.576. The van der Waals surface area contributed by atoms with Gasteiger partial charge in [0.1, 0.15) is 13.2 Å². The van der Waals surface area contributed by atoms with Crippen molar-refractivity contribution in [3.63, 3.8) is 0 Å². The fourth-order valence-electron chi connectivity index (χ4n) is 1.98. The van der Waals surface area contributed by atoms with Gasteiger partial charge in [0.15, 0.2) is 0 Å². The van der Waals surface area contributed by atoms with Crippen LogP contribution in [0.2, 0.25) is 0 Å². The van der Waals surface area contributed by atoms with Crippen molar-refractivity contribution in [3.05, 3.63) is 35.4 Å². The number of benzene rings is 1. The molecule has 1 aromatic rings. The van der Waals surface area contributed by atoms with Gasteiger partial charge in [-0.2, -0.15) is 0 Å². The molecule has 0 radical (unpaired) electrons. The molecule has 1 rings (SSSR count). The summed E-state index contributed by atoms with van der Waals surface area (Å²) in [5.74, 6) is -0.802. The maximum atomic E-state index is 11.9. The van der Waals surface area contributed by atoms with Gasteiger partial charge in [-0.05, 0) is 43.0 Å². The minimum Gasteiger partial charge on any atom is -0.459 e. The topological polar surface area (TPSA) is 93.1 Å². The number of carbonyl (C=O) groups excluding carboxylic acids is 2. The minimum atomic E-state index is -0.687. The number of aliphatic hydroxyl groups excluding tert-OH is 2. The van der Waals surface area contributed by atoms with E-state index in [1.165, 1.54) is 24.3 Å². The predicted octanol–water partition coefficient (Wildman–Crippen LogP) is 2.18. The highest BCUT2D eigenvalue weighted by atomic mass is 16.5. The van der Waals surface area contributed by atoms with Gasteiger partial charge in [0.25, 0.3) is 0 Å². The smallest absolute Gasteiger partial charge is 0.338 e. The molecule has 0 saturated carbocycles. The van der Waals surface area contributed by atoms with E-state index < -0.39 is 24.1 Å². The number of hydrogen-bond donors (Lipinski definition) is 2. The normalized spacial score (nSPS) is 13.4. The summed E-state index contributed by atoms with van der Waals surface area (Å²) in [6.45, 7) is 5.62. The minimum absolute atomic E-state index is 0.0598. The van der Waals surface area contributed by atoms with Crippen molar-refractivity contribution < 1.29 is 29.3 Å². The Bertz CT molecular complexity index is 523. The third kappa shape index (κ3) is 7.10. The van der Waals surface area contributed by atoms with Crippen molar-refractivity contribution in [2.45, 2.75) is 45.8 Å². The molecule has 1 aromatic carbocycles. The van der Waals surface area contributed by atoms with E-state index in [1.54, 1.807) is 6.92 Å². The zero-order valence-electron chi connectivity index (χ0n) is 14.4. The number of carbonyl (C=O) groups is 2. The van der Waals surface area contributed by atoms with Crippen LogP contribution >= 0.6 is 0 Å². The Morgan fingerprint density at radius 3 is 1.71 bits per heavy atom. The van der Waals surface area contributed by atoms with Crippen LogP contribution in [0.5, 0.6) is 0 Å². The van der Waals surface area contributed by atoms with Crippen LogP contribution in [0.25, 0.3) is 0 Å². The molecule has 0 aliphatic rings. The van der Waals surface area contributed by atoms with Gasteiger partial charge in [0.05, 0.1) is 23.3 Å². The van der Waals surface area contributed by atoms with Crippen molar-refractivity contribution in [2.75, 3.05) is 13.2 Å². The number of ether oxygens (including phenoxy) is 2. The highest BCUT2D eigenvalue weighted by molar-refractivity contribution is 5.93. The molecule has 0 aliphatic carbocycles. The van der Waals surface area contributed by atoms with Crippen molar-refractivity contribution in [1.82, 2.24) is 0 Å². The lowest BCUT2D eigenvalue weighted by Crippen LogP contribution is -2.20. The molecule has 0 aliphatic heterocycles. The van der Waals surface area contributed by atoms with Crippen LogP contribution in [-0.2, 0) is 9.47 Å². The van der Waals surface area contributed by atoms with E-state index in [0.29, 0.717) is 18.8 Å². The summed E-state index contributed by atoms with van der Waals surface area (Å²) in [7, 11) is 0. The van der Waals surface area contributed by atoms with Gasteiger partial charge in [-0.1, -0.05) is 20.8 Å². The second-order valence-electron chi connectivity index (χ2n) is 6.12. The zero-order valence-corrected chi connectivity index (χ0v) is 14.4. The molecule has 6 nitrogen and oxygen atoms in total. The van der Waals surface area contributed by atoms with Crippen LogP contribution in [-0.4, -0.2) is 47.6 Å². The summed E-state index contributed by atoms with van der Waals surface area (Å²) in [5, 5.41) is 19.1. The molecule has 2 N–H and O–H groups in total. The average molecular weight is 338 g/mol. The Balaban J connectivity index is 2.51.